The molecule has 2 bridgehead atoms. The largest absolute Gasteiger partial charge is 0.431 e. The number of carbonyl (C=O) groups is 1. The van der Waals surface area contributed by atoms with Crippen molar-refractivity contribution in [2.24, 2.45) is 5.73 Å². The number of carbonyl (C=O) groups excluding carboxylic acids is 1. The van der Waals surface area contributed by atoms with Crippen molar-refractivity contribution < 1.29 is 9.53 Å². The van der Waals surface area contributed by atoms with Crippen LogP contribution in [-0.2, 0) is 6.54 Å². The molecular weight excluding hydrogens is 386 g/mol. The summed E-state index contributed by atoms with van der Waals surface area (Å²) in [6.45, 7) is 0.682. The summed E-state index contributed by atoms with van der Waals surface area (Å²) in [6, 6.07) is 11.8. The molecule has 0 aliphatic carbocycles. The molecule has 2 fully saturated rings. The first kappa shape index (κ1) is 18.3. The maximum absolute atomic E-state index is 12.0. The minimum atomic E-state index is -0.311. The van der Waals surface area contributed by atoms with Crippen LogP contribution in [0.3, 0.4) is 0 Å². The second-order valence-electron chi connectivity index (χ2n) is 7.73. The zero-order valence-electron chi connectivity index (χ0n) is 16.0. The molecule has 0 spiro atoms. The number of piperidine rings is 1. The fourth-order valence-corrected chi connectivity index (χ4v) is 5.44. The summed E-state index contributed by atoms with van der Waals surface area (Å²) in [7, 11) is 0. The smallest absolute Gasteiger partial charge is 0.316 e. The molecule has 3 aromatic rings. The average Bonchev–Trinajstić information content (AvgIpc) is 3.23. The number of nitrogens with two attached hydrogens (primary N) is 1. The Hall–Kier alpha value is -2.71. The number of rotatable bonds is 5. The molecule has 0 saturated carbocycles. The molecule has 2 aliphatic rings. The van der Waals surface area contributed by atoms with Crippen molar-refractivity contribution in [2.75, 3.05) is 0 Å². The lowest BCUT2D eigenvalue weighted by atomic mass is 9.96. The van der Waals surface area contributed by atoms with E-state index in [0.717, 1.165) is 48.1 Å². The van der Waals surface area contributed by atoms with E-state index in [0.29, 0.717) is 17.4 Å². The summed E-state index contributed by atoms with van der Waals surface area (Å²) in [6.07, 6.45) is 6.86. The minimum absolute atomic E-state index is 0.285. The highest BCUT2D eigenvalue weighted by Crippen LogP contribution is 2.42. The molecule has 29 heavy (non-hydrogen) atoms. The maximum Gasteiger partial charge on any atom is 0.316 e. The summed E-state index contributed by atoms with van der Waals surface area (Å²) in [5.41, 5.74) is 7.23. The van der Waals surface area contributed by atoms with Crippen LogP contribution in [-0.4, -0.2) is 32.6 Å². The number of hydrogen-bond donors (Lipinski definition) is 2. The van der Waals surface area contributed by atoms with Crippen molar-refractivity contribution in [1.29, 1.82) is 0 Å². The van der Waals surface area contributed by atoms with Crippen LogP contribution in [0.1, 0.15) is 37.7 Å². The first-order valence-electron chi connectivity index (χ1n) is 9.95. The normalized spacial score (nSPS) is 23.4. The number of nitrogens with zero attached hydrogens (tertiary/aromatic N) is 3. The Morgan fingerprint density at radius 1 is 1.28 bits per heavy atom. The zero-order valence-corrected chi connectivity index (χ0v) is 16.8. The van der Waals surface area contributed by atoms with Crippen molar-refractivity contribution in [3.8, 4) is 10.9 Å². The summed E-state index contributed by atoms with van der Waals surface area (Å²) in [5, 5.41) is 4.21. The van der Waals surface area contributed by atoms with Gasteiger partial charge in [-0.05, 0) is 61.9 Å². The Labute approximate surface area is 172 Å². The average molecular weight is 410 g/mol. The van der Waals surface area contributed by atoms with Gasteiger partial charge in [-0.25, -0.2) is 9.78 Å². The summed E-state index contributed by atoms with van der Waals surface area (Å²) < 4.78 is 6.89. The van der Waals surface area contributed by atoms with Crippen LogP contribution in [0.5, 0.6) is 10.9 Å². The maximum atomic E-state index is 12.0. The molecule has 0 radical (unpaired) electrons. The van der Waals surface area contributed by atoms with Crippen molar-refractivity contribution >= 4 is 27.7 Å². The van der Waals surface area contributed by atoms with E-state index >= 15 is 0 Å². The Morgan fingerprint density at radius 2 is 2.14 bits per heavy atom. The molecule has 2 aromatic heterocycles. The van der Waals surface area contributed by atoms with Gasteiger partial charge in [-0.3, -0.25) is 5.32 Å². The molecule has 2 atom stereocenters. The number of hydrogen-bond acceptors (Lipinski definition) is 6. The van der Waals surface area contributed by atoms with Crippen LogP contribution >= 0.6 is 11.3 Å². The fraction of sp³-hybridized carbons (Fsp3) is 0.381. The van der Waals surface area contributed by atoms with Crippen molar-refractivity contribution in [2.45, 2.75) is 50.4 Å². The van der Waals surface area contributed by atoms with E-state index in [1.807, 2.05) is 41.3 Å². The van der Waals surface area contributed by atoms with Gasteiger partial charge < -0.3 is 15.4 Å². The van der Waals surface area contributed by atoms with Gasteiger partial charge in [-0.15, -0.1) is 0 Å². The molecular formula is C21H23N5O2S. The third kappa shape index (κ3) is 3.42. The summed E-state index contributed by atoms with van der Waals surface area (Å²) in [4.78, 5) is 22.5. The minimum Gasteiger partial charge on any atom is -0.431 e. The van der Waals surface area contributed by atoms with E-state index in [1.54, 1.807) is 6.20 Å². The lowest BCUT2D eigenvalue weighted by Gasteiger charge is -2.44. The van der Waals surface area contributed by atoms with Gasteiger partial charge in [-0.2, -0.15) is 4.98 Å². The van der Waals surface area contributed by atoms with Gasteiger partial charge in [0.25, 0.3) is 5.19 Å². The number of primary amides is 1. The van der Waals surface area contributed by atoms with E-state index in [-0.39, 0.29) is 17.7 Å². The number of aromatic nitrogens is 2. The second-order valence-corrected chi connectivity index (χ2v) is 8.72. The highest BCUT2D eigenvalue weighted by Gasteiger charge is 2.50. The molecule has 7 nitrogen and oxygen atoms in total. The zero-order chi connectivity index (χ0) is 19.8. The second kappa shape index (κ2) is 7.27. The highest BCUT2D eigenvalue weighted by molar-refractivity contribution is 7.20. The van der Waals surface area contributed by atoms with Crippen molar-refractivity contribution in [3.63, 3.8) is 0 Å². The molecule has 3 N–H and O–H groups in total. The van der Waals surface area contributed by atoms with Crippen molar-refractivity contribution in [3.05, 3.63) is 48.2 Å². The third-order valence-electron chi connectivity index (χ3n) is 5.98. The van der Waals surface area contributed by atoms with Crippen LogP contribution in [0.15, 0.2) is 42.6 Å². The van der Waals surface area contributed by atoms with Crippen LogP contribution in [0.25, 0.3) is 10.3 Å². The molecule has 2 saturated heterocycles. The van der Waals surface area contributed by atoms with Crippen LogP contribution in [0.4, 0.5) is 4.79 Å². The Kier molecular flexibility index (Phi) is 4.60. The number of urea groups is 1. The monoisotopic (exact) mass is 409 g/mol. The molecule has 1 aromatic carbocycles. The van der Waals surface area contributed by atoms with Crippen LogP contribution in [0.2, 0.25) is 0 Å². The van der Waals surface area contributed by atoms with Crippen LogP contribution in [0, 0.1) is 0 Å². The molecule has 5 rings (SSSR count). The Balaban J connectivity index is 1.25. The molecule has 2 amide bonds. The quantitative estimate of drug-likeness (QED) is 0.664. The third-order valence-corrected chi connectivity index (χ3v) is 6.87. The lowest BCUT2D eigenvalue weighted by Crippen LogP contribution is -2.62. The molecule has 150 valence electrons. The lowest BCUT2D eigenvalue weighted by molar-refractivity contribution is 0.0613. The van der Waals surface area contributed by atoms with Gasteiger partial charge in [0.1, 0.15) is 5.75 Å². The number of fused-ring (bicyclic) bond motifs is 3. The van der Waals surface area contributed by atoms with E-state index in [9.17, 15) is 4.79 Å². The number of amides is 2. The van der Waals surface area contributed by atoms with Gasteiger partial charge in [-0.1, -0.05) is 23.5 Å². The fourth-order valence-electron chi connectivity index (χ4n) is 4.64. The first-order chi connectivity index (χ1) is 14.1. The van der Waals surface area contributed by atoms with Gasteiger partial charge in [0.15, 0.2) is 5.65 Å². The first-order valence-corrected chi connectivity index (χ1v) is 10.8. The van der Waals surface area contributed by atoms with E-state index < -0.39 is 0 Å². The molecule has 4 heterocycles. The molecule has 2 unspecified atom stereocenters. The highest BCUT2D eigenvalue weighted by atomic mass is 32.1. The van der Waals surface area contributed by atoms with Gasteiger partial charge >= 0.3 is 6.03 Å². The van der Waals surface area contributed by atoms with Crippen LogP contribution < -0.4 is 15.8 Å². The predicted octanol–water partition coefficient (Wildman–Crippen LogP) is 4.00. The van der Waals surface area contributed by atoms with E-state index in [2.05, 4.69) is 15.3 Å². The van der Waals surface area contributed by atoms with Gasteiger partial charge in [0.2, 0.25) is 0 Å². The molecule has 8 heteroatoms. The molecule has 2 aliphatic heterocycles. The number of benzene rings is 1. The Bertz CT molecular complexity index is 1000. The SMILES string of the molecule is NC(=O)N1C2CCCC1(NCc1ccc(Oc3nc4ncccc4s3)cc1)CC2. The number of pyridine rings is 1. The number of nitrogens with one attached hydrogen (secondary N) is 1. The van der Waals surface area contributed by atoms with Crippen molar-refractivity contribution in [1.82, 2.24) is 20.2 Å². The summed E-state index contributed by atoms with van der Waals surface area (Å²) >= 11 is 1.48. The predicted molar refractivity (Wildman–Crippen MR) is 112 cm³/mol. The van der Waals surface area contributed by atoms with E-state index in [1.165, 1.54) is 11.3 Å². The van der Waals surface area contributed by atoms with Gasteiger partial charge in [0, 0.05) is 18.8 Å². The standard InChI is InChI=1S/C21H23N5O2S/c22-19(27)26-15-3-1-10-21(26,11-9-15)24-13-14-5-7-16(8-6-14)28-20-25-18-17(29-20)4-2-12-23-18/h2,4-8,12,15,24H,1,3,9-11,13H2,(H2,22,27). The van der Waals surface area contributed by atoms with Gasteiger partial charge in [0.05, 0.1) is 10.4 Å². The summed E-state index contributed by atoms with van der Waals surface area (Å²) in [5.74, 6) is 0.739. The number of thiazole rings is 1. The topological polar surface area (TPSA) is 93.4 Å². The Morgan fingerprint density at radius 3 is 2.93 bits per heavy atom. The number of ether oxygens (including phenoxy) is 1. The van der Waals surface area contributed by atoms with E-state index in [4.69, 9.17) is 10.5 Å².